The quantitative estimate of drug-likeness (QED) is 0.146. The monoisotopic (exact) mass is 640 g/mol. The minimum absolute atomic E-state index is 0.155. The first-order chi connectivity index (χ1) is 20.3. The van der Waals surface area contributed by atoms with Crippen LogP contribution < -0.4 is 0 Å². The summed E-state index contributed by atoms with van der Waals surface area (Å²) >= 11 is 0. The summed E-state index contributed by atoms with van der Waals surface area (Å²) in [7, 11) is 0. The van der Waals surface area contributed by atoms with Crippen LogP contribution >= 0.6 is 0 Å². The first kappa shape index (κ1) is 40.0. The van der Waals surface area contributed by atoms with Crippen molar-refractivity contribution in [3.8, 4) is 0 Å². The Morgan fingerprint density at radius 2 is 0.773 bits per heavy atom. The van der Waals surface area contributed by atoms with E-state index in [1.54, 1.807) is 41.5 Å². The second-order valence-electron chi connectivity index (χ2n) is 11.2. The van der Waals surface area contributed by atoms with E-state index in [9.17, 15) is 33.9 Å². The van der Waals surface area contributed by atoms with Crippen molar-refractivity contribution in [1.29, 1.82) is 0 Å². The van der Waals surface area contributed by atoms with Crippen LogP contribution in [-0.2, 0) is 57.0 Å². The molecule has 0 aliphatic carbocycles. The Balaban J connectivity index is 3.99. The van der Waals surface area contributed by atoms with Gasteiger partial charge < -0.3 is 52.5 Å². The van der Waals surface area contributed by atoms with Crippen molar-refractivity contribution >= 4 is 36.6 Å². The van der Waals surface area contributed by atoms with E-state index in [-0.39, 0.29) is 33.0 Å². The van der Waals surface area contributed by atoms with Gasteiger partial charge in [-0.05, 0) is 55.4 Å². The molecule has 17 nitrogen and oxygen atoms in total. The van der Waals surface area contributed by atoms with Gasteiger partial charge in [0.25, 0.3) is 0 Å². The van der Waals surface area contributed by atoms with Gasteiger partial charge in [-0.1, -0.05) is 0 Å². The van der Waals surface area contributed by atoms with E-state index < -0.39 is 85.5 Å². The van der Waals surface area contributed by atoms with Crippen LogP contribution in [0.5, 0.6) is 0 Å². The second-order valence-corrected chi connectivity index (χ2v) is 11.2. The fourth-order valence-electron chi connectivity index (χ4n) is 2.25. The van der Waals surface area contributed by atoms with Gasteiger partial charge >= 0.3 is 36.6 Å². The summed E-state index contributed by atoms with van der Waals surface area (Å²) in [6.07, 6.45) is -7.83. The Kier molecular flexibility index (Phi) is 18.2. The minimum atomic E-state index is -1.43. The Morgan fingerprint density at radius 3 is 1.18 bits per heavy atom. The topological polar surface area (TPSA) is 215 Å². The second kappa shape index (κ2) is 20.0. The molecule has 0 aromatic carbocycles. The average molecular weight is 641 g/mol. The largest absolute Gasteiger partial charge is 0.508 e. The summed E-state index contributed by atoms with van der Waals surface area (Å²) in [6, 6.07) is 0. The number of ether oxygens (including phenoxy) is 10. The number of carbonyl (C=O) groups excluding carboxylic acids is 6. The number of esters is 2. The minimum Gasteiger partial charge on any atom is -0.462 e. The molecule has 1 N–H and O–H groups in total. The lowest BCUT2D eigenvalue weighted by Gasteiger charge is -2.17. The number of aliphatic hydroxyl groups excluding tert-OH is 1. The van der Waals surface area contributed by atoms with Crippen LogP contribution in [0, 0.1) is 10.8 Å². The van der Waals surface area contributed by atoms with E-state index in [0.29, 0.717) is 0 Å². The SMILES string of the molecule is CC(COC(=O)OCC(O)COC(=O)OC(C)COC(=O)OCCOC(=O)C(C)(C)C)OC(=O)OCCOC(=O)C(C)(C)C. The molecule has 0 bridgehead atoms. The molecule has 0 fully saturated rings. The molecule has 0 saturated carbocycles. The summed E-state index contributed by atoms with van der Waals surface area (Å²) in [4.78, 5) is 69.8. The molecule has 17 heteroatoms. The first-order valence-corrected chi connectivity index (χ1v) is 13.6. The molecular formula is C27H44O17. The highest BCUT2D eigenvalue weighted by atomic mass is 16.8. The molecule has 0 spiro atoms. The Labute approximate surface area is 255 Å². The van der Waals surface area contributed by atoms with Gasteiger partial charge in [-0.2, -0.15) is 0 Å². The zero-order valence-corrected chi connectivity index (χ0v) is 26.4. The molecule has 0 radical (unpaired) electrons. The van der Waals surface area contributed by atoms with Crippen LogP contribution in [0.3, 0.4) is 0 Å². The summed E-state index contributed by atoms with van der Waals surface area (Å²) < 4.78 is 47.9. The van der Waals surface area contributed by atoms with E-state index in [0.717, 1.165) is 0 Å². The third-order valence-electron chi connectivity index (χ3n) is 4.55. The van der Waals surface area contributed by atoms with E-state index in [4.69, 9.17) is 42.6 Å². The highest BCUT2D eigenvalue weighted by Gasteiger charge is 2.24. The summed E-state index contributed by atoms with van der Waals surface area (Å²) in [6.45, 7) is 10.1. The fraction of sp³-hybridized carbons (Fsp3) is 0.778. The van der Waals surface area contributed by atoms with Crippen LogP contribution in [0.2, 0.25) is 0 Å². The Hall–Kier alpha value is -4.02. The molecule has 254 valence electrons. The van der Waals surface area contributed by atoms with Crippen molar-refractivity contribution in [2.24, 2.45) is 10.8 Å². The lowest BCUT2D eigenvalue weighted by Crippen LogP contribution is -2.29. The molecule has 0 aromatic heterocycles. The Bertz CT molecular complexity index is 934. The summed E-state index contributed by atoms with van der Waals surface area (Å²) in [5.74, 6) is -0.919. The van der Waals surface area contributed by atoms with Crippen LogP contribution in [0.15, 0.2) is 0 Å². The molecule has 0 amide bonds. The lowest BCUT2D eigenvalue weighted by atomic mass is 9.97. The number of hydrogen-bond donors (Lipinski definition) is 1. The molecule has 44 heavy (non-hydrogen) atoms. The van der Waals surface area contributed by atoms with E-state index in [2.05, 4.69) is 4.74 Å². The van der Waals surface area contributed by atoms with Gasteiger partial charge in [0.2, 0.25) is 0 Å². The number of rotatable bonds is 16. The van der Waals surface area contributed by atoms with Crippen molar-refractivity contribution in [2.75, 3.05) is 52.9 Å². The van der Waals surface area contributed by atoms with Gasteiger partial charge in [0.1, 0.15) is 71.2 Å². The van der Waals surface area contributed by atoms with Gasteiger partial charge in [-0.15, -0.1) is 0 Å². The zero-order chi connectivity index (χ0) is 33.9. The molecule has 3 atom stereocenters. The van der Waals surface area contributed by atoms with Gasteiger partial charge in [0.05, 0.1) is 10.8 Å². The number of hydrogen-bond acceptors (Lipinski definition) is 17. The maximum atomic E-state index is 11.7. The maximum Gasteiger partial charge on any atom is 0.508 e. The van der Waals surface area contributed by atoms with Crippen molar-refractivity contribution in [3.05, 3.63) is 0 Å². The molecule has 0 rings (SSSR count). The smallest absolute Gasteiger partial charge is 0.462 e. The van der Waals surface area contributed by atoms with Gasteiger partial charge in [0, 0.05) is 0 Å². The zero-order valence-electron chi connectivity index (χ0n) is 26.4. The normalized spacial score (nSPS) is 13.2. The molecule has 0 aliphatic heterocycles. The third kappa shape index (κ3) is 20.8. The molecular weight excluding hydrogens is 596 g/mol. The number of carbonyl (C=O) groups is 6. The Morgan fingerprint density at radius 1 is 0.477 bits per heavy atom. The van der Waals surface area contributed by atoms with E-state index in [1.807, 2.05) is 0 Å². The highest BCUT2D eigenvalue weighted by molar-refractivity contribution is 5.75. The van der Waals surface area contributed by atoms with Crippen molar-refractivity contribution < 1.29 is 81.2 Å². The van der Waals surface area contributed by atoms with Crippen LogP contribution in [0.1, 0.15) is 55.4 Å². The molecule has 3 unspecified atom stereocenters. The molecule has 0 heterocycles. The standard InChI is InChI=1S/C27H44O17/c1-17(43-24(33)38-12-10-36-21(30)27(6,7)8)14-40-23(32)41-15-19(28)16-42-25(34)44-18(2)13-39-22(31)37-11-9-35-20(29)26(3,4)5/h17-19,28H,9-16H2,1-8H3. The first-order valence-electron chi connectivity index (χ1n) is 13.6. The third-order valence-corrected chi connectivity index (χ3v) is 4.55. The molecule has 0 saturated heterocycles. The fourth-order valence-corrected chi connectivity index (χ4v) is 2.25. The van der Waals surface area contributed by atoms with Gasteiger partial charge in [-0.3, -0.25) is 9.59 Å². The van der Waals surface area contributed by atoms with Gasteiger partial charge in [0.15, 0.2) is 0 Å². The van der Waals surface area contributed by atoms with Crippen molar-refractivity contribution in [1.82, 2.24) is 0 Å². The van der Waals surface area contributed by atoms with Crippen LogP contribution in [0.25, 0.3) is 0 Å². The van der Waals surface area contributed by atoms with Crippen LogP contribution in [-0.4, -0.2) is 113 Å². The van der Waals surface area contributed by atoms with E-state index in [1.165, 1.54) is 13.8 Å². The summed E-state index contributed by atoms with van der Waals surface area (Å²) in [5.41, 5.74) is -1.39. The highest BCUT2D eigenvalue weighted by Crippen LogP contribution is 2.15. The maximum absolute atomic E-state index is 11.7. The molecule has 0 aromatic rings. The van der Waals surface area contributed by atoms with Crippen molar-refractivity contribution in [3.63, 3.8) is 0 Å². The summed E-state index contributed by atoms with van der Waals surface area (Å²) in [5, 5.41) is 9.82. The lowest BCUT2D eigenvalue weighted by molar-refractivity contribution is -0.154. The average Bonchev–Trinajstić information content (AvgIpc) is 2.91. The van der Waals surface area contributed by atoms with Crippen molar-refractivity contribution in [2.45, 2.75) is 73.7 Å². The number of aliphatic hydroxyl groups is 1. The molecule has 0 aliphatic rings. The predicted octanol–water partition coefficient (Wildman–Crippen LogP) is 2.92. The van der Waals surface area contributed by atoms with E-state index >= 15 is 0 Å². The van der Waals surface area contributed by atoms with Crippen LogP contribution in [0.4, 0.5) is 19.2 Å². The predicted molar refractivity (Wildman–Crippen MR) is 145 cm³/mol. The van der Waals surface area contributed by atoms with Gasteiger partial charge in [-0.25, -0.2) is 19.2 Å².